The molecule has 17 heavy (non-hydrogen) atoms. The number of benzene rings is 1. The van der Waals surface area contributed by atoms with Gasteiger partial charge in [0.15, 0.2) is 0 Å². The summed E-state index contributed by atoms with van der Waals surface area (Å²) in [6, 6.07) is 5.49. The Hall–Kier alpha value is -1.38. The molecule has 1 saturated carbocycles. The molecule has 1 aromatic carbocycles. The van der Waals surface area contributed by atoms with Crippen molar-refractivity contribution < 1.29 is 4.39 Å². The first-order valence-corrected chi connectivity index (χ1v) is 6.40. The fraction of sp³-hybridized carbons (Fsp3) is 0.500. The zero-order valence-electron chi connectivity index (χ0n) is 10.1. The maximum absolute atomic E-state index is 13.2. The van der Waals surface area contributed by atoms with E-state index >= 15 is 0 Å². The monoisotopic (exact) mass is 232 g/mol. The molecule has 90 valence electrons. The Kier molecular flexibility index (Phi) is 2.61. The van der Waals surface area contributed by atoms with Crippen LogP contribution in [-0.4, -0.2) is 9.78 Å². The van der Waals surface area contributed by atoms with Gasteiger partial charge in [-0.05, 0) is 38.0 Å². The summed E-state index contributed by atoms with van der Waals surface area (Å²) in [5.41, 5.74) is 2.01. The third-order valence-corrected chi connectivity index (χ3v) is 3.77. The van der Waals surface area contributed by atoms with Crippen LogP contribution in [0.5, 0.6) is 0 Å². The summed E-state index contributed by atoms with van der Waals surface area (Å²) < 4.78 is 15.3. The zero-order chi connectivity index (χ0) is 11.8. The lowest BCUT2D eigenvalue weighted by Crippen LogP contribution is -2.14. The van der Waals surface area contributed by atoms with Gasteiger partial charge in [-0.2, -0.15) is 5.10 Å². The van der Waals surface area contributed by atoms with Gasteiger partial charge in [-0.15, -0.1) is 0 Å². The third-order valence-electron chi connectivity index (χ3n) is 3.77. The fourth-order valence-corrected chi connectivity index (χ4v) is 2.87. The van der Waals surface area contributed by atoms with Gasteiger partial charge in [-0.1, -0.05) is 19.3 Å². The molecule has 1 aliphatic rings. The topological polar surface area (TPSA) is 17.8 Å². The number of aryl methyl sites for hydroxylation is 1. The van der Waals surface area contributed by atoms with E-state index in [4.69, 9.17) is 0 Å². The summed E-state index contributed by atoms with van der Waals surface area (Å²) in [7, 11) is 0. The number of aromatic nitrogens is 2. The van der Waals surface area contributed by atoms with Gasteiger partial charge in [-0.3, -0.25) is 4.68 Å². The third kappa shape index (κ3) is 1.84. The molecule has 2 nitrogen and oxygen atoms in total. The second-order valence-electron chi connectivity index (χ2n) is 4.98. The average Bonchev–Trinajstić information content (AvgIpc) is 2.68. The molecule has 0 atom stereocenters. The minimum absolute atomic E-state index is 0.177. The van der Waals surface area contributed by atoms with Crippen LogP contribution in [0, 0.1) is 12.7 Å². The Morgan fingerprint density at radius 1 is 1.24 bits per heavy atom. The van der Waals surface area contributed by atoms with Gasteiger partial charge in [0, 0.05) is 5.39 Å². The van der Waals surface area contributed by atoms with Crippen molar-refractivity contribution in [2.45, 2.75) is 45.1 Å². The lowest BCUT2D eigenvalue weighted by molar-refractivity contribution is 0.336. The van der Waals surface area contributed by atoms with Crippen LogP contribution < -0.4 is 0 Å². The smallest absolute Gasteiger partial charge is 0.124 e. The van der Waals surface area contributed by atoms with Crippen LogP contribution in [0.4, 0.5) is 4.39 Å². The summed E-state index contributed by atoms with van der Waals surface area (Å²) in [5.74, 6) is -0.177. The molecule has 0 radical (unpaired) electrons. The van der Waals surface area contributed by atoms with Crippen LogP contribution in [0.25, 0.3) is 10.9 Å². The van der Waals surface area contributed by atoms with Crippen LogP contribution >= 0.6 is 0 Å². The summed E-state index contributed by atoms with van der Waals surface area (Å²) in [6.45, 7) is 1.96. The molecular weight excluding hydrogens is 215 g/mol. The fourth-order valence-electron chi connectivity index (χ4n) is 2.87. The van der Waals surface area contributed by atoms with E-state index < -0.39 is 0 Å². The predicted molar refractivity (Wildman–Crippen MR) is 66.6 cm³/mol. The van der Waals surface area contributed by atoms with E-state index in [1.807, 2.05) is 13.0 Å². The number of hydrogen-bond donors (Lipinski definition) is 0. The molecule has 0 amide bonds. The lowest BCUT2D eigenvalue weighted by Gasteiger charge is -2.22. The van der Waals surface area contributed by atoms with Crippen LogP contribution in [0.3, 0.4) is 0 Å². The highest BCUT2D eigenvalue weighted by molar-refractivity contribution is 5.81. The number of hydrogen-bond acceptors (Lipinski definition) is 1. The highest BCUT2D eigenvalue weighted by Crippen LogP contribution is 2.31. The average molecular weight is 232 g/mol. The van der Waals surface area contributed by atoms with Crippen LogP contribution in [-0.2, 0) is 0 Å². The maximum Gasteiger partial charge on any atom is 0.124 e. The quantitative estimate of drug-likeness (QED) is 0.727. The molecule has 3 rings (SSSR count). The van der Waals surface area contributed by atoms with Gasteiger partial charge < -0.3 is 0 Å². The van der Waals surface area contributed by atoms with E-state index in [0.29, 0.717) is 6.04 Å². The highest BCUT2D eigenvalue weighted by atomic mass is 19.1. The lowest BCUT2D eigenvalue weighted by atomic mass is 9.95. The van der Waals surface area contributed by atoms with E-state index in [1.165, 1.54) is 38.2 Å². The molecule has 1 fully saturated rings. The second kappa shape index (κ2) is 4.13. The number of rotatable bonds is 1. The van der Waals surface area contributed by atoms with Crippen molar-refractivity contribution in [1.82, 2.24) is 9.78 Å². The second-order valence-corrected chi connectivity index (χ2v) is 4.98. The van der Waals surface area contributed by atoms with E-state index in [2.05, 4.69) is 9.78 Å². The van der Waals surface area contributed by atoms with Crippen LogP contribution in [0.1, 0.15) is 43.8 Å². The van der Waals surface area contributed by atoms with Crippen molar-refractivity contribution in [3.63, 3.8) is 0 Å². The van der Waals surface area contributed by atoms with Crippen molar-refractivity contribution >= 4 is 10.9 Å². The zero-order valence-corrected chi connectivity index (χ0v) is 10.1. The maximum atomic E-state index is 13.2. The van der Waals surface area contributed by atoms with Crippen molar-refractivity contribution in [3.05, 3.63) is 29.7 Å². The molecule has 0 bridgehead atoms. The van der Waals surface area contributed by atoms with Gasteiger partial charge in [0.1, 0.15) is 5.82 Å². The first kappa shape index (κ1) is 10.8. The highest BCUT2D eigenvalue weighted by Gasteiger charge is 2.19. The van der Waals surface area contributed by atoms with Gasteiger partial charge in [0.2, 0.25) is 0 Å². The van der Waals surface area contributed by atoms with Crippen molar-refractivity contribution in [2.75, 3.05) is 0 Å². The molecule has 0 unspecified atom stereocenters. The van der Waals surface area contributed by atoms with Gasteiger partial charge in [-0.25, -0.2) is 4.39 Å². The molecule has 2 aromatic rings. The first-order chi connectivity index (χ1) is 8.25. The number of halogens is 1. The summed E-state index contributed by atoms with van der Waals surface area (Å²) in [5, 5.41) is 5.56. The number of nitrogens with zero attached hydrogens (tertiary/aromatic N) is 2. The summed E-state index contributed by atoms with van der Waals surface area (Å²) >= 11 is 0. The Balaban J connectivity index is 2.10. The van der Waals surface area contributed by atoms with Gasteiger partial charge in [0.05, 0.1) is 17.3 Å². The van der Waals surface area contributed by atoms with Gasteiger partial charge >= 0.3 is 0 Å². The molecule has 0 aliphatic heterocycles. The standard InChI is InChI=1S/C14H17FN2/c1-10-13-9-11(15)7-8-14(13)17(16-10)12-5-3-2-4-6-12/h7-9,12H,2-6H2,1H3. The van der Waals surface area contributed by atoms with E-state index in [9.17, 15) is 4.39 Å². The molecule has 0 N–H and O–H groups in total. The molecule has 1 aromatic heterocycles. The molecular formula is C14H17FN2. The van der Waals surface area contributed by atoms with Crippen LogP contribution in [0.2, 0.25) is 0 Å². The van der Waals surface area contributed by atoms with E-state index in [1.54, 1.807) is 6.07 Å². The van der Waals surface area contributed by atoms with E-state index in [0.717, 1.165) is 16.6 Å². The minimum Gasteiger partial charge on any atom is -0.262 e. The minimum atomic E-state index is -0.177. The van der Waals surface area contributed by atoms with Crippen molar-refractivity contribution in [3.8, 4) is 0 Å². The SMILES string of the molecule is Cc1nn(C2CCCCC2)c2ccc(F)cc12. The molecule has 0 saturated heterocycles. The molecule has 1 heterocycles. The Morgan fingerprint density at radius 3 is 2.76 bits per heavy atom. The predicted octanol–water partition coefficient (Wildman–Crippen LogP) is 3.99. The Labute approximate surface area is 100 Å². The number of fused-ring (bicyclic) bond motifs is 1. The van der Waals surface area contributed by atoms with Gasteiger partial charge in [0.25, 0.3) is 0 Å². The van der Waals surface area contributed by atoms with E-state index in [-0.39, 0.29) is 5.82 Å². The Morgan fingerprint density at radius 2 is 2.00 bits per heavy atom. The molecule has 1 aliphatic carbocycles. The summed E-state index contributed by atoms with van der Waals surface area (Å²) in [4.78, 5) is 0. The first-order valence-electron chi connectivity index (χ1n) is 6.40. The largest absolute Gasteiger partial charge is 0.262 e. The Bertz CT molecular complexity index is 538. The van der Waals surface area contributed by atoms with Crippen molar-refractivity contribution in [2.24, 2.45) is 0 Å². The molecule has 0 spiro atoms. The summed E-state index contributed by atoms with van der Waals surface area (Å²) in [6.07, 6.45) is 6.31. The van der Waals surface area contributed by atoms with Crippen LogP contribution in [0.15, 0.2) is 18.2 Å². The molecule has 3 heteroatoms. The van der Waals surface area contributed by atoms with Crippen molar-refractivity contribution in [1.29, 1.82) is 0 Å². The normalized spacial score (nSPS) is 17.8.